The number of carbonyl (C=O) groups excluding carboxylic acids is 1. The van der Waals surface area contributed by atoms with E-state index in [1.54, 1.807) is 24.3 Å². The lowest BCUT2D eigenvalue weighted by Gasteiger charge is -2.06. The molecule has 0 bridgehead atoms. The van der Waals surface area contributed by atoms with Crippen LogP contribution in [0.25, 0.3) is 0 Å². The van der Waals surface area contributed by atoms with Crippen molar-refractivity contribution in [3.63, 3.8) is 0 Å². The topological polar surface area (TPSA) is 72.8 Å². The summed E-state index contributed by atoms with van der Waals surface area (Å²) in [6.45, 7) is -0.218. The van der Waals surface area contributed by atoms with E-state index in [-0.39, 0.29) is 17.9 Å². The Bertz CT molecular complexity index is 589. The number of carboxylic acids is 1. The van der Waals surface area contributed by atoms with Gasteiger partial charge >= 0.3 is 11.9 Å². The molecule has 0 unspecified atom stereocenters. The third-order valence-electron chi connectivity index (χ3n) is 2.43. The Labute approximate surface area is 115 Å². The number of carbonyl (C=O) groups is 2. The van der Waals surface area contributed by atoms with Crippen molar-refractivity contribution < 1.29 is 24.2 Å². The van der Waals surface area contributed by atoms with Crippen molar-refractivity contribution in [1.82, 2.24) is 0 Å². The maximum absolute atomic E-state index is 11.5. The van der Waals surface area contributed by atoms with E-state index in [0.29, 0.717) is 5.75 Å². The van der Waals surface area contributed by atoms with Crippen molar-refractivity contribution in [3.8, 4) is 11.5 Å². The van der Waals surface area contributed by atoms with Crippen LogP contribution in [0, 0.1) is 0 Å². The molecule has 102 valence electrons. The van der Waals surface area contributed by atoms with E-state index in [2.05, 4.69) is 0 Å². The fraction of sp³-hybridized carbons (Fsp3) is 0.0667. The number of hydrogen-bond donors (Lipinski definition) is 1. The molecule has 0 spiro atoms. The zero-order chi connectivity index (χ0) is 14.4. The molecule has 0 aliphatic carbocycles. The predicted molar refractivity (Wildman–Crippen MR) is 71.0 cm³/mol. The van der Waals surface area contributed by atoms with Gasteiger partial charge in [-0.05, 0) is 36.4 Å². The minimum absolute atomic E-state index is 0.130. The number of hydrogen-bond acceptors (Lipinski definition) is 4. The van der Waals surface area contributed by atoms with E-state index in [0.717, 1.165) is 0 Å². The number of esters is 1. The van der Waals surface area contributed by atoms with Crippen LogP contribution >= 0.6 is 0 Å². The van der Waals surface area contributed by atoms with Crippen LogP contribution in [0.1, 0.15) is 10.4 Å². The molecule has 0 saturated carbocycles. The number of carboxylic acid groups (broad SMARTS) is 1. The van der Waals surface area contributed by atoms with Crippen LogP contribution in [-0.2, 0) is 4.79 Å². The van der Waals surface area contributed by atoms with Crippen molar-refractivity contribution in [1.29, 1.82) is 0 Å². The van der Waals surface area contributed by atoms with Gasteiger partial charge in [0, 0.05) is 0 Å². The van der Waals surface area contributed by atoms with Gasteiger partial charge in [0.15, 0.2) is 6.61 Å². The molecule has 0 atom stereocenters. The Morgan fingerprint density at radius 1 is 0.900 bits per heavy atom. The first-order valence-corrected chi connectivity index (χ1v) is 5.87. The summed E-state index contributed by atoms with van der Waals surface area (Å²) < 4.78 is 10.2. The molecule has 5 nitrogen and oxygen atoms in total. The molecule has 0 aliphatic heterocycles. The zero-order valence-corrected chi connectivity index (χ0v) is 10.5. The first-order valence-electron chi connectivity index (χ1n) is 5.87. The lowest BCUT2D eigenvalue weighted by molar-refractivity contribution is -0.136. The van der Waals surface area contributed by atoms with Gasteiger partial charge in [0.1, 0.15) is 11.5 Å². The van der Waals surface area contributed by atoms with Gasteiger partial charge in [-0.25, -0.2) is 9.59 Å². The average Bonchev–Trinajstić information content (AvgIpc) is 2.47. The van der Waals surface area contributed by atoms with Gasteiger partial charge in [-0.1, -0.05) is 18.2 Å². The average molecular weight is 272 g/mol. The molecule has 0 saturated heterocycles. The van der Waals surface area contributed by atoms with Crippen LogP contribution < -0.4 is 9.47 Å². The molecule has 0 aliphatic rings. The fourth-order valence-electron chi connectivity index (χ4n) is 1.49. The summed E-state index contributed by atoms with van der Waals surface area (Å²) in [4.78, 5) is 22.2. The van der Waals surface area contributed by atoms with E-state index in [1.165, 1.54) is 24.3 Å². The molecule has 0 heterocycles. The van der Waals surface area contributed by atoms with Crippen molar-refractivity contribution in [3.05, 3.63) is 60.2 Å². The molecule has 2 rings (SSSR count). The minimum atomic E-state index is -1.03. The van der Waals surface area contributed by atoms with Crippen molar-refractivity contribution in [2.24, 2.45) is 0 Å². The van der Waals surface area contributed by atoms with Gasteiger partial charge in [0.25, 0.3) is 0 Å². The quantitative estimate of drug-likeness (QED) is 0.668. The molecule has 0 radical (unpaired) electrons. The summed E-state index contributed by atoms with van der Waals surface area (Å²) in [5, 5.41) is 8.74. The first-order chi connectivity index (χ1) is 9.65. The van der Waals surface area contributed by atoms with Crippen LogP contribution in [0.15, 0.2) is 54.6 Å². The molecule has 5 heteroatoms. The van der Waals surface area contributed by atoms with E-state index in [9.17, 15) is 9.59 Å². The highest BCUT2D eigenvalue weighted by Gasteiger charge is 2.07. The summed E-state index contributed by atoms with van der Waals surface area (Å²) in [6, 6.07) is 14.5. The van der Waals surface area contributed by atoms with Gasteiger partial charge in [-0.3, -0.25) is 0 Å². The second-order valence-corrected chi connectivity index (χ2v) is 3.91. The molecular weight excluding hydrogens is 260 g/mol. The van der Waals surface area contributed by atoms with Crippen LogP contribution in [0.3, 0.4) is 0 Å². The lowest BCUT2D eigenvalue weighted by Crippen LogP contribution is -2.17. The molecule has 2 aromatic carbocycles. The number of para-hydroxylation sites is 1. The molecule has 0 fully saturated rings. The van der Waals surface area contributed by atoms with Gasteiger partial charge in [0.2, 0.25) is 0 Å². The van der Waals surface area contributed by atoms with E-state index < -0.39 is 11.9 Å². The van der Waals surface area contributed by atoms with Gasteiger partial charge < -0.3 is 14.6 Å². The summed E-state index contributed by atoms with van der Waals surface area (Å²) in [7, 11) is 0. The van der Waals surface area contributed by atoms with Gasteiger partial charge in [-0.2, -0.15) is 0 Å². The Morgan fingerprint density at radius 2 is 1.55 bits per heavy atom. The van der Waals surface area contributed by atoms with Crippen molar-refractivity contribution in [2.45, 2.75) is 0 Å². The number of benzene rings is 2. The summed E-state index contributed by atoms with van der Waals surface area (Å²) >= 11 is 0. The highest BCUT2D eigenvalue weighted by Crippen LogP contribution is 2.13. The second kappa shape index (κ2) is 6.38. The summed E-state index contributed by atoms with van der Waals surface area (Å²) in [6.07, 6.45) is 0. The van der Waals surface area contributed by atoms with Crippen LogP contribution in [0.5, 0.6) is 11.5 Å². The van der Waals surface area contributed by atoms with Gasteiger partial charge in [0.05, 0.1) is 5.56 Å². The van der Waals surface area contributed by atoms with Crippen molar-refractivity contribution in [2.75, 3.05) is 6.61 Å². The van der Waals surface area contributed by atoms with Crippen LogP contribution in [0.2, 0.25) is 0 Å². The summed E-state index contributed by atoms with van der Waals surface area (Å²) in [5.41, 5.74) is 0.130. The van der Waals surface area contributed by atoms with E-state index in [4.69, 9.17) is 14.6 Å². The van der Waals surface area contributed by atoms with E-state index >= 15 is 0 Å². The van der Waals surface area contributed by atoms with Gasteiger partial charge in [-0.15, -0.1) is 0 Å². The number of ether oxygens (including phenoxy) is 2. The third-order valence-corrected chi connectivity index (χ3v) is 2.43. The third kappa shape index (κ3) is 3.84. The highest BCUT2D eigenvalue weighted by atomic mass is 16.6. The Balaban J connectivity index is 1.86. The minimum Gasteiger partial charge on any atom is -0.482 e. The predicted octanol–water partition coefficient (Wildman–Crippen LogP) is 2.37. The van der Waals surface area contributed by atoms with Crippen LogP contribution in [-0.4, -0.2) is 23.7 Å². The standard InChI is InChI=1S/C15H12O5/c16-14(10-19-12-4-2-1-3-5-12)20-13-8-6-11(7-9-13)15(17)18/h1-9H,10H2,(H,17,18). The fourth-order valence-corrected chi connectivity index (χ4v) is 1.49. The summed E-state index contributed by atoms with van der Waals surface area (Å²) in [5.74, 6) is -0.741. The normalized spacial score (nSPS) is 9.80. The molecular formula is C15H12O5. The highest BCUT2D eigenvalue weighted by molar-refractivity contribution is 5.87. The molecule has 0 amide bonds. The number of aromatic carboxylic acids is 1. The lowest BCUT2D eigenvalue weighted by atomic mass is 10.2. The molecule has 1 N–H and O–H groups in total. The maximum Gasteiger partial charge on any atom is 0.349 e. The van der Waals surface area contributed by atoms with Crippen LogP contribution in [0.4, 0.5) is 0 Å². The monoisotopic (exact) mass is 272 g/mol. The smallest absolute Gasteiger partial charge is 0.349 e. The largest absolute Gasteiger partial charge is 0.482 e. The Hall–Kier alpha value is -2.82. The zero-order valence-electron chi connectivity index (χ0n) is 10.5. The molecule has 20 heavy (non-hydrogen) atoms. The second-order valence-electron chi connectivity index (χ2n) is 3.91. The molecule has 2 aromatic rings. The van der Waals surface area contributed by atoms with Crippen molar-refractivity contribution >= 4 is 11.9 Å². The first kappa shape index (κ1) is 13.6. The SMILES string of the molecule is O=C(COc1ccccc1)Oc1ccc(C(=O)O)cc1. The molecule has 0 aromatic heterocycles. The Kier molecular flexibility index (Phi) is 4.34. The van der Waals surface area contributed by atoms with E-state index in [1.807, 2.05) is 6.07 Å². The maximum atomic E-state index is 11.5. The number of rotatable bonds is 5. The Morgan fingerprint density at radius 3 is 2.15 bits per heavy atom.